The van der Waals surface area contributed by atoms with Crippen LogP contribution in [0.2, 0.25) is 0 Å². The standard InChI is InChI=1S/C5H11NO.C2H2O4/c1-2-3-4-5-6-7;3-1(4)2(5)6/h2,6-7H,1,3-5H2;(H,3,4)(H,5,6). The summed E-state index contributed by atoms with van der Waals surface area (Å²) in [7, 11) is 0. The molecule has 6 heteroatoms. The first kappa shape index (κ1) is 14.1. The molecule has 6 nitrogen and oxygen atoms in total. The molecule has 0 rings (SSSR count). The fourth-order valence-electron chi connectivity index (χ4n) is 0.325. The van der Waals surface area contributed by atoms with Crippen molar-refractivity contribution in [2.75, 3.05) is 6.54 Å². The number of hydrogen-bond acceptors (Lipinski definition) is 4. The van der Waals surface area contributed by atoms with E-state index in [1.54, 1.807) is 0 Å². The molecular formula is C7H13NO5. The Hall–Kier alpha value is -1.40. The highest BCUT2D eigenvalue weighted by molar-refractivity contribution is 6.27. The van der Waals surface area contributed by atoms with Crippen molar-refractivity contribution in [1.82, 2.24) is 5.48 Å². The summed E-state index contributed by atoms with van der Waals surface area (Å²) in [6.07, 6.45) is 3.75. The number of allylic oxidation sites excluding steroid dienone is 1. The van der Waals surface area contributed by atoms with E-state index >= 15 is 0 Å². The van der Waals surface area contributed by atoms with E-state index in [-0.39, 0.29) is 0 Å². The minimum atomic E-state index is -1.82. The van der Waals surface area contributed by atoms with Gasteiger partial charge in [-0.05, 0) is 12.8 Å². The zero-order valence-corrected chi connectivity index (χ0v) is 7.06. The van der Waals surface area contributed by atoms with Crippen molar-refractivity contribution in [3.05, 3.63) is 12.7 Å². The summed E-state index contributed by atoms with van der Waals surface area (Å²) < 4.78 is 0. The molecule has 0 heterocycles. The molecule has 0 aliphatic carbocycles. The van der Waals surface area contributed by atoms with Gasteiger partial charge in [-0.15, -0.1) is 6.58 Å². The molecule has 0 radical (unpaired) electrons. The molecule has 76 valence electrons. The van der Waals surface area contributed by atoms with Gasteiger partial charge in [0.15, 0.2) is 0 Å². The minimum absolute atomic E-state index is 0.659. The fraction of sp³-hybridized carbons (Fsp3) is 0.429. The number of hydrogen-bond donors (Lipinski definition) is 4. The number of carboxylic acid groups (broad SMARTS) is 2. The van der Waals surface area contributed by atoms with Gasteiger partial charge in [0.1, 0.15) is 0 Å². The predicted octanol–water partition coefficient (Wildman–Crippen LogP) is 0.0870. The minimum Gasteiger partial charge on any atom is -0.473 e. The van der Waals surface area contributed by atoms with E-state index in [1.807, 2.05) is 6.08 Å². The zero-order chi connectivity index (χ0) is 10.7. The van der Waals surface area contributed by atoms with E-state index in [1.165, 1.54) is 0 Å². The molecule has 0 fully saturated rings. The Kier molecular flexibility index (Phi) is 11.5. The number of carbonyl (C=O) groups is 2. The predicted molar refractivity (Wildman–Crippen MR) is 44.5 cm³/mol. The average Bonchev–Trinajstić information content (AvgIpc) is 2.06. The van der Waals surface area contributed by atoms with Crippen molar-refractivity contribution in [3.8, 4) is 0 Å². The van der Waals surface area contributed by atoms with E-state index in [4.69, 9.17) is 25.0 Å². The Labute approximate surface area is 75.5 Å². The summed E-state index contributed by atoms with van der Waals surface area (Å²) in [4.78, 5) is 18.2. The molecule has 0 aromatic heterocycles. The van der Waals surface area contributed by atoms with Crippen LogP contribution in [0.25, 0.3) is 0 Å². The maximum atomic E-state index is 9.10. The first-order chi connectivity index (χ1) is 6.06. The lowest BCUT2D eigenvalue weighted by Gasteiger charge is -1.89. The van der Waals surface area contributed by atoms with Crippen molar-refractivity contribution in [2.45, 2.75) is 12.8 Å². The van der Waals surface area contributed by atoms with Crippen LogP contribution in [-0.2, 0) is 9.59 Å². The highest BCUT2D eigenvalue weighted by atomic mass is 16.5. The first-order valence-electron chi connectivity index (χ1n) is 3.50. The van der Waals surface area contributed by atoms with Crippen molar-refractivity contribution in [2.24, 2.45) is 0 Å². The van der Waals surface area contributed by atoms with Crippen LogP contribution in [0, 0.1) is 0 Å². The number of unbranched alkanes of at least 4 members (excludes halogenated alkanes) is 1. The maximum Gasteiger partial charge on any atom is 0.414 e. The lowest BCUT2D eigenvalue weighted by Crippen LogP contribution is -2.09. The summed E-state index contributed by atoms with van der Waals surface area (Å²) >= 11 is 0. The van der Waals surface area contributed by atoms with Gasteiger partial charge in [0.05, 0.1) is 0 Å². The van der Waals surface area contributed by atoms with Gasteiger partial charge in [-0.3, -0.25) is 0 Å². The van der Waals surface area contributed by atoms with Crippen molar-refractivity contribution in [3.63, 3.8) is 0 Å². The van der Waals surface area contributed by atoms with Crippen LogP contribution >= 0.6 is 0 Å². The van der Waals surface area contributed by atoms with Gasteiger partial charge in [-0.25, -0.2) is 15.1 Å². The lowest BCUT2D eigenvalue weighted by molar-refractivity contribution is -0.159. The highest BCUT2D eigenvalue weighted by Crippen LogP contribution is 1.83. The van der Waals surface area contributed by atoms with Crippen LogP contribution in [0.1, 0.15) is 12.8 Å². The third-order valence-corrected chi connectivity index (χ3v) is 0.880. The molecule has 0 aromatic carbocycles. The topological polar surface area (TPSA) is 107 Å². The van der Waals surface area contributed by atoms with Gasteiger partial charge in [0.25, 0.3) is 0 Å². The first-order valence-corrected chi connectivity index (χ1v) is 3.50. The van der Waals surface area contributed by atoms with E-state index in [0.29, 0.717) is 6.54 Å². The Morgan fingerprint density at radius 2 is 1.77 bits per heavy atom. The molecule has 0 bridgehead atoms. The van der Waals surface area contributed by atoms with Crippen molar-refractivity contribution in [1.29, 1.82) is 0 Å². The number of carboxylic acids is 2. The molecule has 0 unspecified atom stereocenters. The van der Waals surface area contributed by atoms with E-state index in [2.05, 4.69) is 12.1 Å². The van der Waals surface area contributed by atoms with Crippen LogP contribution < -0.4 is 5.48 Å². The van der Waals surface area contributed by atoms with Gasteiger partial charge >= 0.3 is 11.9 Å². The second kappa shape index (κ2) is 10.6. The largest absolute Gasteiger partial charge is 0.473 e. The summed E-state index contributed by atoms with van der Waals surface area (Å²) in [5, 5.41) is 22.8. The molecule has 0 saturated heterocycles. The molecule has 0 saturated carbocycles. The smallest absolute Gasteiger partial charge is 0.414 e. The van der Waals surface area contributed by atoms with Crippen LogP contribution in [0.4, 0.5) is 0 Å². The molecule has 0 atom stereocenters. The number of aliphatic carboxylic acids is 2. The SMILES string of the molecule is C=CCCCNO.O=C(O)C(=O)O. The summed E-state index contributed by atoms with van der Waals surface area (Å²) in [5.41, 5.74) is 2.05. The van der Waals surface area contributed by atoms with Gasteiger partial charge in [-0.1, -0.05) is 6.08 Å². The summed E-state index contributed by atoms with van der Waals surface area (Å²) in [6.45, 7) is 4.18. The van der Waals surface area contributed by atoms with Crippen LogP contribution in [0.3, 0.4) is 0 Å². The lowest BCUT2D eigenvalue weighted by atomic mass is 10.3. The third kappa shape index (κ3) is 18.0. The summed E-state index contributed by atoms with van der Waals surface area (Å²) in [5.74, 6) is -3.65. The van der Waals surface area contributed by atoms with E-state index < -0.39 is 11.9 Å². The third-order valence-electron chi connectivity index (χ3n) is 0.880. The van der Waals surface area contributed by atoms with Gasteiger partial charge in [0.2, 0.25) is 0 Å². The molecule has 0 spiro atoms. The molecule has 4 N–H and O–H groups in total. The normalized spacial score (nSPS) is 8.08. The molecule has 13 heavy (non-hydrogen) atoms. The monoisotopic (exact) mass is 191 g/mol. The average molecular weight is 191 g/mol. The van der Waals surface area contributed by atoms with Crippen molar-refractivity contribution < 1.29 is 25.0 Å². The second-order valence-corrected chi connectivity index (χ2v) is 1.95. The highest BCUT2D eigenvalue weighted by Gasteiger charge is 2.04. The molecular weight excluding hydrogens is 178 g/mol. The van der Waals surface area contributed by atoms with Gasteiger partial charge in [0, 0.05) is 6.54 Å². The fourth-order valence-corrected chi connectivity index (χ4v) is 0.325. The zero-order valence-electron chi connectivity index (χ0n) is 7.06. The Bertz CT molecular complexity index is 156. The van der Waals surface area contributed by atoms with Crippen LogP contribution in [0.15, 0.2) is 12.7 Å². The van der Waals surface area contributed by atoms with Crippen LogP contribution in [0.5, 0.6) is 0 Å². The molecule has 0 aromatic rings. The Balaban J connectivity index is 0. The Morgan fingerprint density at radius 3 is 2.00 bits per heavy atom. The second-order valence-electron chi connectivity index (χ2n) is 1.95. The van der Waals surface area contributed by atoms with Crippen molar-refractivity contribution >= 4 is 11.9 Å². The van der Waals surface area contributed by atoms with E-state index in [9.17, 15) is 0 Å². The molecule has 0 aliphatic rings. The molecule has 0 aliphatic heterocycles. The number of hydroxylamine groups is 1. The summed E-state index contributed by atoms with van der Waals surface area (Å²) in [6, 6.07) is 0. The molecule has 0 amide bonds. The van der Waals surface area contributed by atoms with Gasteiger partial charge < -0.3 is 15.4 Å². The van der Waals surface area contributed by atoms with Crippen LogP contribution in [-0.4, -0.2) is 33.9 Å². The number of rotatable bonds is 4. The number of nitrogens with one attached hydrogen (secondary N) is 1. The quantitative estimate of drug-likeness (QED) is 0.217. The van der Waals surface area contributed by atoms with E-state index in [0.717, 1.165) is 12.8 Å². The maximum absolute atomic E-state index is 9.10. The Morgan fingerprint density at radius 1 is 1.31 bits per heavy atom. The van der Waals surface area contributed by atoms with Gasteiger partial charge in [-0.2, -0.15) is 0 Å².